The van der Waals surface area contributed by atoms with Crippen molar-refractivity contribution in [2.24, 2.45) is 0 Å². The van der Waals surface area contributed by atoms with Gasteiger partial charge in [0.2, 0.25) is 0 Å². The Kier molecular flexibility index (Phi) is 7.10. The normalized spacial score (nSPS) is 22.7. The summed E-state index contributed by atoms with van der Waals surface area (Å²) >= 11 is 0. The highest BCUT2D eigenvalue weighted by atomic mass is 16.5. The predicted molar refractivity (Wildman–Crippen MR) is 125 cm³/mol. The first-order valence-electron chi connectivity index (χ1n) is 11.5. The second kappa shape index (κ2) is 9.98. The molecule has 2 fully saturated rings. The molecular formula is C25H36N4O2. The molecule has 6 heteroatoms. The van der Waals surface area contributed by atoms with Gasteiger partial charge in [-0.2, -0.15) is 0 Å². The van der Waals surface area contributed by atoms with Crippen molar-refractivity contribution >= 4 is 5.82 Å². The Morgan fingerprint density at radius 2 is 2.10 bits per heavy atom. The molecule has 1 aromatic heterocycles. The van der Waals surface area contributed by atoms with Crippen molar-refractivity contribution in [3.8, 4) is 5.75 Å². The lowest BCUT2D eigenvalue weighted by atomic mass is 9.99. The smallest absolute Gasteiger partial charge is 0.171 e. The van der Waals surface area contributed by atoms with Gasteiger partial charge in [0.25, 0.3) is 0 Å². The van der Waals surface area contributed by atoms with E-state index in [1.165, 1.54) is 16.7 Å². The number of nitrogens with one attached hydrogen (secondary N) is 1. The lowest BCUT2D eigenvalue weighted by Crippen LogP contribution is -2.45. The third kappa shape index (κ3) is 5.37. The number of hydrogen-bond acceptors (Lipinski definition) is 6. The molecule has 0 spiro atoms. The molecule has 0 amide bonds. The molecule has 6 nitrogen and oxygen atoms in total. The van der Waals surface area contributed by atoms with Crippen LogP contribution >= 0.6 is 0 Å². The first-order chi connectivity index (χ1) is 15.0. The SMILES string of the molecule is Cc1ccccc1[C@@H]1CN(Cc2cnc(N3CCOC[C@@H]3C)c(OC(C)C)c2)CCN1. The highest BCUT2D eigenvalue weighted by molar-refractivity contribution is 5.54. The number of pyridine rings is 1. The van der Waals surface area contributed by atoms with E-state index in [1.54, 1.807) is 0 Å². The van der Waals surface area contributed by atoms with Gasteiger partial charge in [-0.05, 0) is 50.5 Å². The van der Waals surface area contributed by atoms with E-state index in [0.717, 1.165) is 57.5 Å². The number of ether oxygens (including phenoxy) is 2. The van der Waals surface area contributed by atoms with Crippen LogP contribution in [0.3, 0.4) is 0 Å². The van der Waals surface area contributed by atoms with Gasteiger partial charge in [0.15, 0.2) is 11.6 Å². The Balaban J connectivity index is 1.50. The van der Waals surface area contributed by atoms with E-state index in [-0.39, 0.29) is 6.10 Å². The van der Waals surface area contributed by atoms with E-state index in [9.17, 15) is 0 Å². The monoisotopic (exact) mass is 424 g/mol. The number of hydrogen-bond donors (Lipinski definition) is 1. The standard InChI is InChI=1S/C25H36N4O2/c1-18(2)31-24-13-21(14-27-25(24)29-11-12-30-17-20(29)4)15-28-10-9-26-23(16-28)22-8-6-5-7-19(22)3/h5-8,13-14,18,20,23,26H,9-12,15-17H2,1-4H3/t20-,23-/m0/s1. The fourth-order valence-corrected chi connectivity index (χ4v) is 4.56. The van der Waals surface area contributed by atoms with Crippen LogP contribution in [0.15, 0.2) is 36.5 Å². The molecule has 1 aromatic carbocycles. The van der Waals surface area contributed by atoms with Gasteiger partial charge in [0.1, 0.15) is 0 Å². The molecule has 0 unspecified atom stereocenters. The third-order valence-corrected chi connectivity index (χ3v) is 6.12. The first-order valence-corrected chi connectivity index (χ1v) is 11.5. The second-order valence-electron chi connectivity index (χ2n) is 9.05. The molecule has 31 heavy (non-hydrogen) atoms. The summed E-state index contributed by atoms with van der Waals surface area (Å²) < 4.78 is 11.8. The van der Waals surface area contributed by atoms with E-state index < -0.39 is 0 Å². The van der Waals surface area contributed by atoms with E-state index in [2.05, 4.69) is 73.1 Å². The van der Waals surface area contributed by atoms with Crippen molar-refractivity contribution in [1.29, 1.82) is 0 Å². The minimum absolute atomic E-state index is 0.108. The molecule has 4 rings (SSSR count). The molecule has 2 aliphatic heterocycles. The van der Waals surface area contributed by atoms with E-state index in [1.807, 2.05) is 6.20 Å². The highest BCUT2D eigenvalue weighted by Gasteiger charge is 2.25. The minimum atomic E-state index is 0.108. The summed E-state index contributed by atoms with van der Waals surface area (Å²) in [5, 5.41) is 3.69. The van der Waals surface area contributed by atoms with Crippen molar-refractivity contribution in [3.05, 3.63) is 53.2 Å². The molecule has 2 aliphatic rings. The molecular weight excluding hydrogens is 388 g/mol. The van der Waals surface area contributed by atoms with Crippen LogP contribution in [-0.4, -0.2) is 61.4 Å². The van der Waals surface area contributed by atoms with Crippen molar-refractivity contribution in [3.63, 3.8) is 0 Å². The summed E-state index contributed by atoms with van der Waals surface area (Å²) in [4.78, 5) is 9.69. The van der Waals surface area contributed by atoms with Gasteiger partial charge in [0.05, 0.1) is 25.4 Å². The molecule has 0 saturated carbocycles. The van der Waals surface area contributed by atoms with Gasteiger partial charge in [0, 0.05) is 45.0 Å². The molecule has 0 bridgehead atoms. The number of aromatic nitrogens is 1. The van der Waals surface area contributed by atoms with Gasteiger partial charge in [-0.3, -0.25) is 4.90 Å². The van der Waals surface area contributed by atoms with Crippen molar-refractivity contribution in [2.75, 3.05) is 44.3 Å². The quantitative estimate of drug-likeness (QED) is 0.765. The number of benzene rings is 1. The van der Waals surface area contributed by atoms with Gasteiger partial charge < -0.3 is 19.7 Å². The molecule has 2 saturated heterocycles. The van der Waals surface area contributed by atoms with Crippen LogP contribution in [0.1, 0.15) is 43.5 Å². The minimum Gasteiger partial charge on any atom is -0.487 e. The maximum atomic E-state index is 6.21. The van der Waals surface area contributed by atoms with E-state index in [0.29, 0.717) is 12.1 Å². The zero-order chi connectivity index (χ0) is 21.8. The molecule has 0 aliphatic carbocycles. The number of morpholine rings is 1. The maximum absolute atomic E-state index is 6.21. The number of anilines is 1. The highest BCUT2D eigenvalue weighted by Crippen LogP contribution is 2.31. The third-order valence-electron chi connectivity index (χ3n) is 6.12. The zero-order valence-electron chi connectivity index (χ0n) is 19.3. The summed E-state index contributed by atoms with van der Waals surface area (Å²) in [6, 6.07) is 11.5. The number of piperazine rings is 1. The summed E-state index contributed by atoms with van der Waals surface area (Å²) in [6.07, 6.45) is 2.13. The van der Waals surface area contributed by atoms with Crippen molar-refractivity contribution < 1.29 is 9.47 Å². The van der Waals surface area contributed by atoms with Gasteiger partial charge in [-0.1, -0.05) is 24.3 Å². The summed E-state index contributed by atoms with van der Waals surface area (Å²) in [5.74, 6) is 1.82. The fraction of sp³-hybridized carbons (Fsp3) is 0.560. The van der Waals surface area contributed by atoms with Crippen molar-refractivity contribution in [2.45, 2.75) is 52.4 Å². The summed E-state index contributed by atoms with van der Waals surface area (Å²) in [7, 11) is 0. The average Bonchev–Trinajstić information content (AvgIpc) is 2.75. The predicted octanol–water partition coefficient (Wildman–Crippen LogP) is 3.55. The Bertz CT molecular complexity index is 872. The van der Waals surface area contributed by atoms with Crippen LogP contribution < -0.4 is 15.0 Å². The fourth-order valence-electron chi connectivity index (χ4n) is 4.56. The van der Waals surface area contributed by atoms with Gasteiger partial charge in [-0.25, -0.2) is 4.98 Å². The lowest BCUT2D eigenvalue weighted by molar-refractivity contribution is 0.0979. The molecule has 2 atom stereocenters. The Hall–Kier alpha value is -2.15. The summed E-state index contributed by atoms with van der Waals surface area (Å²) in [5.41, 5.74) is 3.94. The Labute approximate surface area is 186 Å². The van der Waals surface area contributed by atoms with Crippen LogP contribution in [0.5, 0.6) is 5.75 Å². The lowest BCUT2D eigenvalue weighted by Gasteiger charge is -2.36. The van der Waals surface area contributed by atoms with Crippen LogP contribution in [-0.2, 0) is 11.3 Å². The molecule has 1 N–H and O–H groups in total. The van der Waals surface area contributed by atoms with Crippen LogP contribution in [0.4, 0.5) is 5.82 Å². The Morgan fingerprint density at radius 1 is 1.26 bits per heavy atom. The van der Waals surface area contributed by atoms with Crippen LogP contribution in [0.2, 0.25) is 0 Å². The zero-order valence-corrected chi connectivity index (χ0v) is 19.3. The molecule has 2 aromatic rings. The molecule has 0 radical (unpaired) electrons. The average molecular weight is 425 g/mol. The van der Waals surface area contributed by atoms with Crippen LogP contribution in [0, 0.1) is 6.92 Å². The number of nitrogens with zero attached hydrogens (tertiary/aromatic N) is 3. The van der Waals surface area contributed by atoms with Crippen molar-refractivity contribution in [1.82, 2.24) is 15.2 Å². The maximum Gasteiger partial charge on any atom is 0.171 e. The first kappa shape index (κ1) is 22.1. The van der Waals surface area contributed by atoms with Crippen LogP contribution in [0.25, 0.3) is 0 Å². The number of rotatable bonds is 6. The second-order valence-corrected chi connectivity index (χ2v) is 9.05. The number of aryl methyl sites for hydroxylation is 1. The van der Waals surface area contributed by atoms with E-state index >= 15 is 0 Å². The topological polar surface area (TPSA) is 49.9 Å². The van der Waals surface area contributed by atoms with Gasteiger partial charge in [-0.15, -0.1) is 0 Å². The largest absolute Gasteiger partial charge is 0.487 e. The molecule has 3 heterocycles. The van der Waals surface area contributed by atoms with Gasteiger partial charge >= 0.3 is 0 Å². The van der Waals surface area contributed by atoms with E-state index in [4.69, 9.17) is 14.5 Å². The summed E-state index contributed by atoms with van der Waals surface area (Å²) in [6.45, 7) is 14.7. The Morgan fingerprint density at radius 3 is 2.87 bits per heavy atom. The molecule has 168 valence electrons.